The number of benzene rings is 2. The number of anilines is 1. The number of imidazole rings is 1. The number of ether oxygens (including phenoxy) is 2. The van der Waals surface area contributed by atoms with Gasteiger partial charge in [0.25, 0.3) is 5.91 Å². The number of carbonyl (C=O) groups excluding carboxylic acids is 1. The van der Waals surface area contributed by atoms with Crippen molar-refractivity contribution < 1.29 is 14.3 Å². The SMILES string of the molecule is COc1nc(-c2cccc(-c3cccc(NC(=O)c4nc5c(n4C)CCN(C)C5)c3Cl)c2Cl)cc(C)c1CNC1COC1. The van der Waals surface area contributed by atoms with Crippen molar-refractivity contribution in [3.8, 4) is 28.3 Å². The molecule has 6 rings (SSSR count). The number of hydrogen-bond acceptors (Lipinski definition) is 7. The number of amides is 1. The number of nitrogens with one attached hydrogen (secondary N) is 2. The van der Waals surface area contributed by atoms with E-state index in [0.717, 1.165) is 53.2 Å². The van der Waals surface area contributed by atoms with Gasteiger partial charge in [-0.1, -0.05) is 53.5 Å². The van der Waals surface area contributed by atoms with Crippen LogP contribution < -0.4 is 15.4 Å². The zero-order valence-corrected chi connectivity index (χ0v) is 26.1. The Hall–Kier alpha value is -3.47. The summed E-state index contributed by atoms with van der Waals surface area (Å²) in [5, 5.41) is 7.34. The summed E-state index contributed by atoms with van der Waals surface area (Å²) in [6.45, 7) is 5.75. The van der Waals surface area contributed by atoms with E-state index >= 15 is 0 Å². The van der Waals surface area contributed by atoms with E-state index < -0.39 is 0 Å². The van der Waals surface area contributed by atoms with Crippen LogP contribution in [0.15, 0.2) is 42.5 Å². The summed E-state index contributed by atoms with van der Waals surface area (Å²) in [6.07, 6.45) is 0.851. The van der Waals surface area contributed by atoms with E-state index in [0.29, 0.717) is 64.5 Å². The van der Waals surface area contributed by atoms with Crippen molar-refractivity contribution in [1.82, 2.24) is 24.8 Å². The minimum Gasteiger partial charge on any atom is -0.481 e. The summed E-state index contributed by atoms with van der Waals surface area (Å²) in [6, 6.07) is 13.6. The first-order valence-electron chi connectivity index (χ1n) is 14.2. The van der Waals surface area contributed by atoms with Crippen LogP contribution in [0.3, 0.4) is 0 Å². The fourth-order valence-corrected chi connectivity index (χ4v) is 6.21. The Morgan fingerprint density at radius 3 is 2.51 bits per heavy atom. The highest BCUT2D eigenvalue weighted by molar-refractivity contribution is 6.39. The van der Waals surface area contributed by atoms with Crippen LogP contribution in [0.4, 0.5) is 5.69 Å². The molecule has 0 unspecified atom stereocenters. The maximum Gasteiger partial charge on any atom is 0.291 e. The largest absolute Gasteiger partial charge is 0.481 e. The topological polar surface area (TPSA) is 93.5 Å². The van der Waals surface area contributed by atoms with Gasteiger partial charge in [0.05, 0.1) is 53.5 Å². The van der Waals surface area contributed by atoms with Crippen LogP contribution >= 0.6 is 23.2 Å². The summed E-state index contributed by atoms with van der Waals surface area (Å²) in [5.74, 6) is 0.594. The number of nitrogens with zero attached hydrogens (tertiary/aromatic N) is 4. The van der Waals surface area contributed by atoms with Crippen molar-refractivity contribution in [3.63, 3.8) is 0 Å². The summed E-state index contributed by atoms with van der Waals surface area (Å²) >= 11 is 14.0. The molecule has 0 spiro atoms. The Bertz CT molecular complexity index is 1700. The third-order valence-corrected chi connectivity index (χ3v) is 8.98. The molecule has 0 saturated carbocycles. The molecule has 0 bridgehead atoms. The minimum atomic E-state index is -0.315. The third kappa shape index (κ3) is 5.75. The third-order valence-electron chi connectivity index (χ3n) is 8.17. The van der Waals surface area contributed by atoms with Crippen LogP contribution in [-0.4, -0.2) is 65.3 Å². The lowest BCUT2D eigenvalue weighted by Crippen LogP contribution is -2.45. The molecule has 0 atom stereocenters. The molecule has 224 valence electrons. The lowest BCUT2D eigenvalue weighted by atomic mass is 9.99. The molecule has 4 heterocycles. The first-order valence-corrected chi connectivity index (χ1v) is 15.0. The molecule has 2 aromatic heterocycles. The zero-order chi connectivity index (χ0) is 30.2. The van der Waals surface area contributed by atoms with E-state index in [1.54, 1.807) is 13.2 Å². The number of fused-ring (bicyclic) bond motifs is 1. The number of aromatic nitrogens is 3. The Kier molecular flexibility index (Phi) is 8.44. The highest BCUT2D eigenvalue weighted by Gasteiger charge is 2.25. The molecule has 1 saturated heterocycles. The Morgan fingerprint density at radius 1 is 1.07 bits per heavy atom. The van der Waals surface area contributed by atoms with Gasteiger partial charge >= 0.3 is 0 Å². The smallest absolute Gasteiger partial charge is 0.291 e. The van der Waals surface area contributed by atoms with Gasteiger partial charge in [0.1, 0.15) is 0 Å². The monoisotopic (exact) mass is 620 g/mol. The normalized spacial score (nSPS) is 15.2. The van der Waals surface area contributed by atoms with Gasteiger partial charge in [-0.3, -0.25) is 4.79 Å². The molecule has 0 aliphatic carbocycles. The summed E-state index contributed by atoms with van der Waals surface area (Å²) in [5.41, 5.74) is 7.41. The van der Waals surface area contributed by atoms with E-state index in [1.807, 2.05) is 54.9 Å². The molecule has 2 aromatic carbocycles. The van der Waals surface area contributed by atoms with E-state index in [4.69, 9.17) is 37.7 Å². The molecule has 0 radical (unpaired) electrons. The highest BCUT2D eigenvalue weighted by atomic mass is 35.5. The number of rotatable bonds is 8. The zero-order valence-electron chi connectivity index (χ0n) is 24.6. The first kappa shape index (κ1) is 29.6. The van der Waals surface area contributed by atoms with Gasteiger partial charge in [-0.25, -0.2) is 9.97 Å². The van der Waals surface area contributed by atoms with Gasteiger partial charge in [-0.2, -0.15) is 0 Å². The number of likely N-dealkylation sites (N-methyl/N-ethyl adjacent to an activating group) is 1. The van der Waals surface area contributed by atoms with Crippen LogP contribution in [0.5, 0.6) is 5.88 Å². The van der Waals surface area contributed by atoms with Gasteiger partial charge in [0.2, 0.25) is 5.88 Å². The van der Waals surface area contributed by atoms with E-state index in [-0.39, 0.29) is 5.91 Å². The van der Waals surface area contributed by atoms with Crippen molar-refractivity contribution in [3.05, 3.63) is 80.8 Å². The Labute approximate surface area is 261 Å². The maximum atomic E-state index is 13.3. The molecule has 11 heteroatoms. The number of halogens is 2. The molecular formula is C32H34Cl2N6O3. The molecule has 2 N–H and O–H groups in total. The number of hydrogen-bond donors (Lipinski definition) is 2. The fourth-order valence-electron chi connectivity index (χ4n) is 5.61. The first-order chi connectivity index (χ1) is 20.7. The van der Waals surface area contributed by atoms with Crippen molar-refractivity contribution in [1.29, 1.82) is 0 Å². The molecular weight excluding hydrogens is 587 g/mol. The van der Waals surface area contributed by atoms with Crippen LogP contribution in [0.1, 0.15) is 33.1 Å². The molecule has 1 fully saturated rings. The number of methoxy groups -OCH3 is 1. The molecule has 9 nitrogen and oxygen atoms in total. The molecule has 43 heavy (non-hydrogen) atoms. The minimum absolute atomic E-state index is 0.315. The average Bonchev–Trinajstić information content (AvgIpc) is 3.29. The van der Waals surface area contributed by atoms with E-state index in [1.165, 1.54) is 0 Å². The van der Waals surface area contributed by atoms with Crippen molar-refractivity contribution >= 4 is 34.8 Å². The summed E-state index contributed by atoms with van der Waals surface area (Å²) in [7, 11) is 5.56. The number of aryl methyl sites for hydroxylation is 1. The van der Waals surface area contributed by atoms with Crippen molar-refractivity contribution in [2.75, 3.05) is 39.2 Å². The molecule has 2 aliphatic rings. The fraction of sp³-hybridized carbons (Fsp3) is 0.344. The van der Waals surface area contributed by atoms with Crippen molar-refractivity contribution in [2.24, 2.45) is 7.05 Å². The standard InChI is InChI=1S/C32H34Cl2N6O3/c1-18-13-25(38-32(42-4)23(18)14-35-19-16-43-17-19)22-9-5-7-20(28(22)33)21-8-6-10-24(29(21)34)37-31(41)30-36-26-15-39(2)12-11-27(26)40(30)3/h5-10,13,19,35H,11-12,14-17H2,1-4H3,(H,37,41). The quantitative estimate of drug-likeness (QED) is 0.269. The van der Waals surface area contributed by atoms with E-state index in [2.05, 4.69) is 27.6 Å². The second-order valence-corrected chi connectivity index (χ2v) is 11.8. The Morgan fingerprint density at radius 2 is 1.79 bits per heavy atom. The average molecular weight is 622 g/mol. The number of carbonyl (C=O) groups is 1. The highest BCUT2D eigenvalue weighted by Crippen LogP contribution is 2.42. The summed E-state index contributed by atoms with van der Waals surface area (Å²) in [4.78, 5) is 25.0. The van der Waals surface area contributed by atoms with Gasteiger partial charge in [-0.15, -0.1) is 0 Å². The van der Waals surface area contributed by atoms with Crippen LogP contribution in [0.2, 0.25) is 10.0 Å². The van der Waals surface area contributed by atoms with Crippen LogP contribution in [0, 0.1) is 6.92 Å². The lowest BCUT2D eigenvalue weighted by Gasteiger charge is -2.27. The maximum absolute atomic E-state index is 13.3. The van der Waals surface area contributed by atoms with Crippen molar-refractivity contribution in [2.45, 2.75) is 32.5 Å². The second-order valence-electron chi connectivity index (χ2n) is 11.1. The van der Waals surface area contributed by atoms with Gasteiger partial charge in [-0.05, 0) is 31.7 Å². The van der Waals surface area contributed by atoms with Crippen LogP contribution in [0.25, 0.3) is 22.4 Å². The molecule has 4 aromatic rings. The predicted molar refractivity (Wildman–Crippen MR) is 169 cm³/mol. The molecule has 2 aliphatic heterocycles. The molecule has 1 amide bonds. The van der Waals surface area contributed by atoms with Crippen LogP contribution in [-0.2, 0) is 31.3 Å². The van der Waals surface area contributed by atoms with Gasteiger partial charge < -0.3 is 29.6 Å². The Balaban J connectivity index is 1.29. The predicted octanol–water partition coefficient (Wildman–Crippen LogP) is 5.50. The van der Waals surface area contributed by atoms with Gasteiger partial charge in [0.15, 0.2) is 5.82 Å². The second kappa shape index (κ2) is 12.3. The lowest BCUT2D eigenvalue weighted by molar-refractivity contribution is -0.00588. The van der Waals surface area contributed by atoms with Gasteiger partial charge in [0, 0.05) is 61.1 Å². The summed E-state index contributed by atoms with van der Waals surface area (Å²) < 4.78 is 12.8. The number of pyridine rings is 1. The van der Waals surface area contributed by atoms with E-state index in [9.17, 15) is 4.79 Å².